The van der Waals surface area contributed by atoms with Gasteiger partial charge in [0.1, 0.15) is 5.58 Å². The zero-order chi connectivity index (χ0) is 20.3. The molecule has 0 unspecified atom stereocenters. The minimum absolute atomic E-state index is 0.0502. The number of carbonyl (C=O) groups excluding carboxylic acids is 2. The fraction of sp³-hybridized carbons (Fsp3) is 0.227. The Morgan fingerprint density at radius 1 is 1.07 bits per heavy atom. The second-order valence-corrected chi connectivity index (χ2v) is 7.69. The van der Waals surface area contributed by atoms with Gasteiger partial charge in [0.15, 0.2) is 5.78 Å². The van der Waals surface area contributed by atoms with Gasteiger partial charge in [0.2, 0.25) is 5.91 Å². The summed E-state index contributed by atoms with van der Waals surface area (Å²) in [6.07, 6.45) is 0. The van der Waals surface area contributed by atoms with Gasteiger partial charge >= 0.3 is 5.63 Å². The van der Waals surface area contributed by atoms with E-state index in [0.29, 0.717) is 22.6 Å². The summed E-state index contributed by atoms with van der Waals surface area (Å²) in [5.74, 6) is 0.540. The second kappa shape index (κ2) is 8.44. The molecule has 1 aromatic heterocycles. The number of fused-ring (bicyclic) bond motifs is 1. The highest BCUT2D eigenvalue weighted by Crippen LogP contribution is 2.24. The molecule has 3 rings (SSSR count). The Hall–Kier alpha value is -2.86. The van der Waals surface area contributed by atoms with E-state index in [0.717, 1.165) is 22.1 Å². The number of Topliss-reactive ketones (excluding diaryl/α,β-unsaturated/α-hetero) is 1. The summed E-state index contributed by atoms with van der Waals surface area (Å²) in [4.78, 5) is 35.5. The molecule has 1 N–H and O–H groups in total. The van der Waals surface area contributed by atoms with Gasteiger partial charge in [-0.15, -0.1) is 11.8 Å². The third-order valence-electron chi connectivity index (χ3n) is 4.49. The van der Waals surface area contributed by atoms with Crippen LogP contribution in [0.15, 0.2) is 51.7 Å². The van der Waals surface area contributed by atoms with Crippen LogP contribution in [-0.2, 0) is 10.5 Å². The average molecular weight is 395 g/mol. The van der Waals surface area contributed by atoms with Gasteiger partial charge in [-0.2, -0.15) is 0 Å². The third kappa shape index (κ3) is 4.70. The Morgan fingerprint density at radius 3 is 2.57 bits per heavy atom. The number of ketones is 1. The number of carbonyl (C=O) groups is 2. The van der Waals surface area contributed by atoms with Crippen LogP contribution < -0.4 is 10.9 Å². The fourth-order valence-corrected chi connectivity index (χ4v) is 3.69. The largest absolute Gasteiger partial charge is 0.423 e. The van der Waals surface area contributed by atoms with Crippen molar-refractivity contribution in [3.8, 4) is 0 Å². The lowest BCUT2D eigenvalue weighted by Crippen LogP contribution is -2.14. The van der Waals surface area contributed by atoms with Crippen molar-refractivity contribution in [3.05, 3.63) is 75.1 Å². The van der Waals surface area contributed by atoms with Crippen molar-refractivity contribution in [1.82, 2.24) is 0 Å². The predicted octanol–water partition coefficient (Wildman–Crippen LogP) is 4.48. The first-order chi connectivity index (χ1) is 13.3. The van der Waals surface area contributed by atoms with E-state index in [1.54, 1.807) is 24.3 Å². The van der Waals surface area contributed by atoms with Crippen molar-refractivity contribution < 1.29 is 14.0 Å². The zero-order valence-corrected chi connectivity index (χ0v) is 16.8. The summed E-state index contributed by atoms with van der Waals surface area (Å²) in [6.45, 7) is 5.47. The molecule has 3 aromatic rings. The summed E-state index contributed by atoms with van der Waals surface area (Å²) in [6, 6.07) is 12.2. The van der Waals surface area contributed by atoms with Gasteiger partial charge in [-0.25, -0.2) is 4.79 Å². The number of nitrogens with one attached hydrogen (secondary N) is 1. The van der Waals surface area contributed by atoms with Gasteiger partial charge in [-0.05, 0) is 61.7 Å². The molecule has 0 aliphatic rings. The third-order valence-corrected chi connectivity index (χ3v) is 5.47. The van der Waals surface area contributed by atoms with E-state index >= 15 is 0 Å². The van der Waals surface area contributed by atoms with E-state index in [9.17, 15) is 14.4 Å². The molecule has 144 valence electrons. The van der Waals surface area contributed by atoms with Crippen LogP contribution in [0.2, 0.25) is 0 Å². The molecule has 1 amide bonds. The number of benzene rings is 2. The highest BCUT2D eigenvalue weighted by molar-refractivity contribution is 7.99. The highest BCUT2D eigenvalue weighted by atomic mass is 32.2. The quantitative estimate of drug-likeness (QED) is 0.492. The summed E-state index contributed by atoms with van der Waals surface area (Å²) >= 11 is 1.42. The normalized spacial score (nSPS) is 10.8. The highest BCUT2D eigenvalue weighted by Gasteiger charge is 2.10. The molecule has 0 aliphatic heterocycles. The first-order valence-electron chi connectivity index (χ1n) is 8.86. The number of amides is 1. The van der Waals surface area contributed by atoms with Crippen molar-refractivity contribution in [3.63, 3.8) is 0 Å². The molecule has 0 fully saturated rings. The molecular formula is C22H21NO4S. The van der Waals surface area contributed by atoms with E-state index in [1.807, 2.05) is 26.0 Å². The first kappa shape index (κ1) is 19.9. The molecule has 28 heavy (non-hydrogen) atoms. The Morgan fingerprint density at radius 2 is 1.82 bits per heavy atom. The van der Waals surface area contributed by atoms with E-state index in [-0.39, 0.29) is 17.4 Å². The van der Waals surface area contributed by atoms with E-state index in [4.69, 9.17) is 4.42 Å². The molecule has 6 heteroatoms. The SMILES string of the molecule is CC(=O)c1cccc(NC(=O)CSCc2cc(=O)oc3cc(C)c(C)cc23)c1. The van der Waals surface area contributed by atoms with Crippen molar-refractivity contribution in [2.75, 3.05) is 11.1 Å². The van der Waals surface area contributed by atoms with E-state index in [2.05, 4.69) is 5.32 Å². The molecule has 0 aliphatic carbocycles. The number of hydrogen-bond donors (Lipinski definition) is 1. The molecule has 0 radical (unpaired) electrons. The maximum atomic E-state index is 12.2. The Balaban J connectivity index is 1.67. The summed E-state index contributed by atoms with van der Waals surface area (Å²) < 4.78 is 5.30. The van der Waals surface area contributed by atoms with Crippen molar-refractivity contribution in [2.45, 2.75) is 26.5 Å². The lowest BCUT2D eigenvalue weighted by Gasteiger charge is -2.09. The molecule has 5 nitrogen and oxygen atoms in total. The van der Waals surface area contributed by atoms with Crippen LogP contribution in [0.1, 0.15) is 34.0 Å². The molecule has 1 heterocycles. The van der Waals surface area contributed by atoms with Gasteiger partial charge in [0, 0.05) is 28.5 Å². The minimum Gasteiger partial charge on any atom is -0.423 e. The first-order valence-corrected chi connectivity index (χ1v) is 10.0. The second-order valence-electron chi connectivity index (χ2n) is 6.70. The van der Waals surface area contributed by atoms with Gasteiger partial charge in [-0.1, -0.05) is 12.1 Å². The van der Waals surface area contributed by atoms with Gasteiger partial charge in [0.05, 0.1) is 5.75 Å². The minimum atomic E-state index is -0.392. The average Bonchev–Trinajstić information content (AvgIpc) is 2.63. The van der Waals surface area contributed by atoms with Crippen LogP contribution in [0, 0.1) is 13.8 Å². The van der Waals surface area contributed by atoms with Crippen molar-refractivity contribution in [1.29, 1.82) is 0 Å². The van der Waals surface area contributed by atoms with Crippen LogP contribution in [0.3, 0.4) is 0 Å². The molecule has 0 atom stereocenters. The Kier molecular flexibility index (Phi) is 5.99. The van der Waals surface area contributed by atoms with Crippen molar-refractivity contribution >= 4 is 40.1 Å². The van der Waals surface area contributed by atoms with E-state index in [1.165, 1.54) is 24.8 Å². The predicted molar refractivity (Wildman–Crippen MR) is 113 cm³/mol. The van der Waals surface area contributed by atoms with Gasteiger partial charge in [0.25, 0.3) is 0 Å². The lowest BCUT2D eigenvalue weighted by atomic mass is 10.0. The molecule has 2 aromatic carbocycles. The molecule has 0 bridgehead atoms. The van der Waals surface area contributed by atoms with Crippen LogP contribution >= 0.6 is 11.8 Å². The topological polar surface area (TPSA) is 76.4 Å². The Labute approximate surface area is 167 Å². The number of anilines is 1. The molecule has 0 saturated heterocycles. The van der Waals surface area contributed by atoms with Crippen LogP contribution in [0.5, 0.6) is 0 Å². The summed E-state index contributed by atoms with van der Waals surface area (Å²) in [7, 11) is 0. The van der Waals surface area contributed by atoms with Crippen LogP contribution in [-0.4, -0.2) is 17.4 Å². The fourth-order valence-electron chi connectivity index (χ4n) is 2.87. The Bertz CT molecular complexity index is 1120. The number of thioether (sulfide) groups is 1. The molecule has 0 saturated carbocycles. The maximum Gasteiger partial charge on any atom is 0.336 e. The summed E-state index contributed by atoms with van der Waals surface area (Å²) in [5.41, 5.74) is 4.36. The monoisotopic (exact) mass is 395 g/mol. The zero-order valence-electron chi connectivity index (χ0n) is 16.0. The van der Waals surface area contributed by atoms with Crippen LogP contribution in [0.25, 0.3) is 11.0 Å². The number of hydrogen-bond acceptors (Lipinski definition) is 5. The number of aryl methyl sites for hydroxylation is 2. The summed E-state index contributed by atoms with van der Waals surface area (Å²) in [5, 5.41) is 3.69. The van der Waals surface area contributed by atoms with Gasteiger partial charge in [-0.3, -0.25) is 9.59 Å². The van der Waals surface area contributed by atoms with Gasteiger partial charge < -0.3 is 9.73 Å². The number of rotatable bonds is 6. The van der Waals surface area contributed by atoms with Crippen LogP contribution in [0.4, 0.5) is 5.69 Å². The molecule has 0 spiro atoms. The molecular weight excluding hydrogens is 374 g/mol. The lowest BCUT2D eigenvalue weighted by molar-refractivity contribution is -0.113. The standard InChI is InChI=1S/C22H21NO4S/c1-13-7-19-17(10-22(26)27-20(19)8-14(13)2)11-28-12-21(25)23-18-6-4-5-16(9-18)15(3)24/h4-10H,11-12H2,1-3H3,(H,23,25). The smallest absolute Gasteiger partial charge is 0.336 e. The maximum absolute atomic E-state index is 12.2. The van der Waals surface area contributed by atoms with Crippen molar-refractivity contribution in [2.24, 2.45) is 0 Å². The van der Waals surface area contributed by atoms with E-state index < -0.39 is 5.63 Å².